The standard InChI is InChI=1S/C10H18O2/c1-4-8(2)6-5-7-9(3)10(11)12/h6,9H,4-5,7H2,1-3H3,(H,11,12)/p-1/b8-6+. The van der Waals surface area contributed by atoms with Crippen LogP contribution in [-0.2, 0) is 4.79 Å². The molecule has 0 spiro atoms. The van der Waals surface area contributed by atoms with Crippen LogP contribution in [0.4, 0.5) is 0 Å². The molecule has 0 amide bonds. The van der Waals surface area contributed by atoms with Crippen LogP contribution in [0.15, 0.2) is 11.6 Å². The average Bonchev–Trinajstić information content (AvgIpc) is 2.03. The summed E-state index contributed by atoms with van der Waals surface area (Å²) in [7, 11) is 0. The number of carboxylic acid groups (broad SMARTS) is 1. The van der Waals surface area contributed by atoms with Crippen molar-refractivity contribution in [3.63, 3.8) is 0 Å². The molecule has 0 rings (SSSR count). The zero-order valence-corrected chi connectivity index (χ0v) is 8.09. The summed E-state index contributed by atoms with van der Waals surface area (Å²) in [5.41, 5.74) is 1.32. The van der Waals surface area contributed by atoms with Gasteiger partial charge in [0, 0.05) is 5.97 Å². The van der Waals surface area contributed by atoms with E-state index in [1.165, 1.54) is 5.57 Å². The normalized spacial score (nSPS) is 14.4. The van der Waals surface area contributed by atoms with E-state index in [1.807, 2.05) is 0 Å². The van der Waals surface area contributed by atoms with Crippen molar-refractivity contribution in [1.29, 1.82) is 0 Å². The molecule has 12 heavy (non-hydrogen) atoms. The lowest BCUT2D eigenvalue weighted by Crippen LogP contribution is -2.29. The molecule has 0 aliphatic carbocycles. The highest BCUT2D eigenvalue weighted by atomic mass is 16.4. The lowest BCUT2D eigenvalue weighted by Gasteiger charge is -2.10. The molecule has 0 fully saturated rings. The molecule has 0 aliphatic heterocycles. The van der Waals surface area contributed by atoms with Gasteiger partial charge in [0.25, 0.3) is 0 Å². The summed E-state index contributed by atoms with van der Waals surface area (Å²) >= 11 is 0. The average molecular weight is 169 g/mol. The van der Waals surface area contributed by atoms with E-state index in [-0.39, 0.29) is 5.92 Å². The van der Waals surface area contributed by atoms with Crippen LogP contribution in [0.2, 0.25) is 0 Å². The number of hydrogen-bond acceptors (Lipinski definition) is 2. The Balaban J connectivity index is 3.62. The summed E-state index contributed by atoms with van der Waals surface area (Å²) in [4.78, 5) is 10.3. The van der Waals surface area contributed by atoms with E-state index in [2.05, 4.69) is 19.9 Å². The molecule has 0 aromatic carbocycles. The molecule has 0 aromatic heterocycles. The largest absolute Gasteiger partial charge is 0.550 e. The molecule has 0 saturated heterocycles. The highest BCUT2D eigenvalue weighted by molar-refractivity contribution is 5.66. The topological polar surface area (TPSA) is 40.1 Å². The van der Waals surface area contributed by atoms with Gasteiger partial charge in [-0.15, -0.1) is 0 Å². The monoisotopic (exact) mass is 169 g/mol. The van der Waals surface area contributed by atoms with Gasteiger partial charge in [-0.25, -0.2) is 0 Å². The van der Waals surface area contributed by atoms with E-state index in [1.54, 1.807) is 6.92 Å². The second-order valence-electron chi connectivity index (χ2n) is 3.20. The third-order valence-corrected chi connectivity index (χ3v) is 2.05. The molecular formula is C10H17O2-. The maximum absolute atomic E-state index is 10.3. The van der Waals surface area contributed by atoms with Crippen molar-refractivity contribution in [3.05, 3.63) is 11.6 Å². The van der Waals surface area contributed by atoms with Crippen LogP contribution in [0.25, 0.3) is 0 Å². The Morgan fingerprint density at radius 3 is 2.58 bits per heavy atom. The zero-order valence-electron chi connectivity index (χ0n) is 8.09. The van der Waals surface area contributed by atoms with Crippen molar-refractivity contribution >= 4 is 5.97 Å². The minimum Gasteiger partial charge on any atom is -0.550 e. The fourth-order valence-corrected chi connectivity index (χ4v) is 0.842. The van der Waals surface area contributed by atoms with Gasteiger partial charge >= 0.3 is 0 Å². The summed E-state index contributed by atoms with van der Waals surface area (Å²) < 4.78 is 0. The summed E-state index contributed by atoms with van der Waals surface area (Å²) in [6.45, 7) is 5.84. The van der Waals surface area contributed by atoms with Gasteiger partial charge in [0.2, 0.25) is 0 Å². The van der Waals surface area contributed by atoms with Gasteiger partial charge in [-0.3, -0.25) is 0 Å². The van der Waals surface area contributed by atoms with E-state index in [0.29, 0.717) is 6.42 Å². The zero-order chi connectivity index (χ0) is 9.56. The lowest BCUT2D eigenvalue weighted by molar-refractivity contribution is -0.311. The van der Waals surface area contributed by atoms with Gasteiger partial charge in [0.05, 0.1) is 0 Å². The molecule has 70 valence electrons. The Morgan fingerprint density at radius 2 is 2.17 bits per heavy atom. The molecule has 1 atom stereocenters. The minimum absolute atomic E-state index is 0.328. The second-order valence-corrected chi connectivity index (χ2v) is 3.20. The van der Waals surface area contributed by atoms with Crippen molar-refractivity contribution in [2.45, 2.75) is 40.0 Å². The van der Waals surface area contributed by atoms with Crippen LogP contribution in [0.3, 0.4) is 0 Å². The van der Waals surface area contributed by atoms with E-state index >= 15 is 0 Å². The number of rotatable bonds is 5. The summed E-state index contributed by atoms with van der Waals surface area (Å²) in [5.74, 6) is -1.27. The lowest BCUT2D eigenvalue weighted by atomic mass is 10.0. The minimum atomic E-state index is -0.947. The molecular weight excluding hydrogens is 152 g/mol. The Bertz CT molecular complexity index is 171. The maximum Gasteiger partial charge on any atom is 0.0442 e. The third-order valence-electron chi connectivity index (χ3n) is 2.05. The molecule has 2 heteroatoms. The number of carboxylic acids is 1. The second kappa shape index (κ2) is 5.81. The maximum atomic E-state index is 10.3. The van der Waals surface area contributed by atoms with Crippen LogP contribution in [0, 0.1) is 5.92 Å². The SMILES string of the molecule is CC/C(C)=C/CCC(C)C(=O)[O-]. The van der Waals surface area contributed by atoms with Gasteiger partial charge in [-0.1, -0.05) is 25.5 Å². The van der Waals surface area contributed by atoms with Gasteiger partial charge < -0.3 is 9.90 Å². The summed E-state index contributed by atoms with van der Waals surface area (Å²) in [6, 6.07) is 0. The molecule has 0 aliphatic rings. The first-order chi connectivity index (χ1) is 5.57. The van der Waals surface area contributed by atoms with Crippen molar-refractivity contribution in [3.8, 4) is 0 Å². The van der Waals surface area contributed by atoms with Crippen molar-refractivity contribution in [2.24, 2.45) is 5.92 Å². The Labute approximate surface area is 74.3 Å². The molecule has 0 aromatic rings. The van der Waals surface area contributed by atoms with Crippen molar-refractivity contribution < 1.29 is 9.90 Å². The Kier molecular flexibility index (Phi) is 5.43. The molecule has 0 N–H and O–H groups in total. The Hall–Kier alpha value is -0.790. The van der Waals surface area contributed by atoms with E-state index < -0.39 is 5.97 Å². The fourth-order valence-electron chi connectivity index (χ4n) is 0.842. The van der Waals surface area contributed by atoms with Crippen molar-refractivity contribution in [1.82, 2.24) is 0 Å². The van der Waals surface area contributed by atoms with Crippen LogP contribution in [-0.4, -0.2) is 5.97 Å². The summed E-state index contributed by atoms with van der Waals surface area (Å²) in [6.07, 6.45) is 4.66. The van der Waals surface area contributed by atoms with Crippen molar-refractivity contribution in [2.75, 3.05) is 0 Å². The third kappa shape index (κ3) is 4.94. The van der Waals surface area contributed by atoms with E-state index in [4.69, 9.17) is 0 Å². The Morgan fingerprint density at radius 1 is 1.58 bits per heavy atom. The van der Waals surface area contributed by atoms with Gasteiger partial charge in [-0.2, -0.15) is 0 Å². The quantitative estimate of drug-likeness (QED) is 0.585. The number of aliphatic carboxylic acids is 1. The van der Waals surface area contributed by atoms with E-state index in [0.717, 1.165) is 12.8 Å². The number of carbonyl (C=O) groups excluding carboxylic acids is 1. The number of carbonyl (C=O) groups is 1. The molecule has 1 unspecified atom stereocenters. The molecule has 0 saturated carbocycles. The highest BCUT2D eigenvalue weighted by Crippen LogP contribution is 2.08. The predicted molar refractivity (Wildman–Crippen MR) is 47.5 cm³/mol. The van der Waals surface area contributed by atoms with E-state index in [9.17, 15) is 9.90 Å². The van der Waals surface area contributed by atoms with Gasteiger partial charge in [-0.05, 0) is 32.1 Å². The van der Waals surface area contributed by atoms with Crippen LogP contribution < -0.4 is 5.11 Å². The highest BCUT2D eigenvalue weighted by Gasteiger charge is 2.00. The van der Waals surface area contributed by atoms with Gasteiger partial charge in [0.1, 0.15) is 0 Å². The van der Waals surface area contributed by atoms with Crippen LogP contribution in [0.5, 0.6) is 0 Å². The fraction of sp³-hybridized carbons (Fsp3) is 0.700. The molecule has 2 nitrogen and oxygen atoms in total. The van der Waals surface area contributed by atoms with Gasteiger partial charge in [0.15, 0.2) is 0 Å². The van der Waals surface area contributed by atoms with Crippen LogP contribution in [0.1, 0.15) is 40.0 Å². The number of allylic oxidation sites excluding steroid dienone is 2. The summed E-state index contributed by atoms with van der Waals surface area (Å²) in [5, 5.41) is 10.3. The number of hydrogen-bond donors (Lipinski definition) is 0. The first kappa shape index (κ1) is 11.2. The van der Waals surface area contributed by atoms with Crippen LogP contribution >= 0.6 is 0 Å². The first-order valence-electron chi connectivity index (χ1n) is 4.44. The molecule has 0 heterocycles. The smallest absolute Gasteiger partial charge is 0.0442 e. The molecule has 0 bridgehead atoms. The molecule has 0 radical (unpaired) electrons. The first-order valence-corrected chi connectivity index (χ1v) is 4.44. The predicted octanol–water partition coefficient (Wildman–Crippen LogP) is 1.51.